The average Bonchev–Trinajstić information content (AvgIpc) is 3.31. The Balaban J connectivity index is 1.32. The number of nitrogens with one attached hydrogen (secondary N) is 2. The maximum Gasteiger partial charge on any atom is 0.230 e. The Hall–Kier alpha value is -2.22. The molecule has 4 atom stereocenters. The molecule has 3 fully saturated rings. The van der Waals surface area contributed by atoms with E-state index in [2.05, 4.69) is 60.7 Å². The monoisotopic (exact) mass is 525 g/mol. The van der Waals surface area contributed by atoms with E-state index in [0.29, 0.717) is 12.0 Å². The van der Waals surface area contributed by atoms with Crippen LogP contribution in [0.25, 0.3) is 0 Å². The van der Waals surface area contributed by atoms with E-state index in [9.17, 15) is 9.59 Å². The van der Waals surface area contributed by atoms with Crippen LogP contribution in [0.5, 0.6) is 0 Å². The van der Waals surface area contributed by atoms with E-state index >= 15 is 0 Å². The number of hydrogen-bond donors (Lipinski definition) is 2. The second-order valence-electron chi connectivity index (χ2n) is 11.8. The highest BCUT2D eigenvalue weighted by Crippen LogP contribution is 2.41. The van der Waals surface area contributed by atoms with Crippen molar-refractivity contribution in [3.8, 4) is 0 Å². The van der Waals surface area contributed by atoms with Crippen LogP contribution >= 0.6 is 11.8 Å². The van der Waals surface area contributed by atoms with Gasteiger partial charge in [-0.2, -0.15) is 5.10 Å². The number of hydrogen-bond acceptors (Lipinski definition) is 6. The first kappa shape index (κ1) is 26.4. The van der Waals surface area contributed by atoms with Gasteiger partial charge in [-0.25, -0.2) is 0 Å². The molecule has 2 heterocycles. The molecule has 5 rings (SSSR count). The van der Waals surface area contributed by atoms with Crippen LogP contribution in [0.2, 0.25) is 0 Å². The summed E-state index contributed by atoms with van der Waals surface area (Å²) in [4.78, 5) is 31.4. The molecule has 2 saturated carbocycles. The fraction of sp³-hybridized carbons (Fsp3) is 0.690. The number of carbonyl (C=O) groups excluding carboxylic acids is 2. The zero-order valence-corrected chi connectivity index (χ0v) is 23.4. The largest absolute Gasteiger partial charge is 0.353 e. The minimum absolute atomic E-state index is 0.00224. The van der Waals surface area contributed by atoms with Gasteiger partial charge in [-0.1, -0.05) is 74.7 Å². The summed E-state index contributed by atoms with van der Waals surface area (Å²) in [7, 11) is 0. The third-order valence-electron chi connectivity index (χ3n) is 8.55. The van der Waals surface area contributed by atoms with Gasteiger partial charge < -0.3 is 15.1 Å². The number of nitrogens with zero attached hydrogens (tertiary/aromatic N) is 3. The lowest BCUT2D eigenvalue weighted by atomic mass is 9.75. The molecule has 2 aliphatic carbocycles. The molecule has 37 heavy (non-hydrogen) atoms. The topological polar surface area (TPSA) is 77.0 Å². The van der Waals surface area contributed by atoms with Crippen molar-refractivity contribution >= 4 is 28.7 Å². The number of benzene rings is 1. The number of hydrazone groups is 1. The molecule has 2 N–H and O–H groups in total. The van der Waals surface area contributed by atoms with Crippen LogP contribution in [0.3, 0.4) is 0 Å². The first-order valence-electron chi connectivity index (χ1n) is 14.3. The summed E-state index contributed by atoms with van der Waals surface area (Å²) in [6, 6.07) is 8.92. The first-order chi connectivity index (χ1) is 17.9. The van der Waals surface area contributed by atoms with E-state index in [1.54, 1.807) is 11.8 Å². The predicted molar refractivity (Wildman–Crippen MR) is 149 cm³/mol. The van der Waals surface area contributed by atoms with E-state index in [4.69, 9.17) is 5.10 Å². The molecule has 0 aromatic heterocycles. The van der Waals surface area contributed by atoms with E-state index < -0.39 is 0 Å². The summed E-state index contributed by atoms with van der Waals surface area (Å²) in [5, 5.41) is 9.04. The number of aryl methyl sites for hydroxylation is 1. The zero-order chi connectivity index (χ0) is 25.9. The summed E-state index contributed by atoms with van der Waals surface area (Å²) in [5.41, 5.74) is 5.82. The quantitative estimate of drug-likeness (QED) is 0.534. The first-order valence-corrected chi connectivity index (χ1v) is 15.3. The minimum atomic E-state index is -0.257. The second kappa shape index (κ2) is 11.7. The van der Waals surface area contributed by atoms with Gasteiger partial charge in [0.25, 0.3) is 0 Å². The predicted octanol–water partition coefficient (Wildman–Crippen LogP) is 4.81. The van der Waals surface area contributed by atoms with E-state index in [1.807, 2.05) is 4.90 Å². The molecular formula is C29H43N5O2S. The van der Waals surface area contributed by atoms with Crippen LogP contribution in [-0.2, 0) is 15.3 Å². The molecule has 7 nitrogen and oxygen atoms in total. The van der Waals surface area contributed by atoms with Gasteiger partial charge in [0, 0.05) is 30.3 Å². The smallest absolute Gasteiger partial charge is 0.230 e. The fourth-order valence-corrected chi connectivity index (χ4v) is 7.42. The minimum Gasteiger partial charge on any atom is -0.353 e. The van der Waals surface area contributed by atoms with Crippen molar-refractivity contribution in [2.75, 3.05) is 6.54 Å². The fourth-order valence-electron chi connectivity index (χ4n) is 6.45. The normalized spacial score (nSPS) is 28.0. The van der Waals surface area contributed by atoms with Gasteiger partial charge >= 0.3 is 0 Å². The number of thioether (sulfide) groups is 1. The van der Waals surface area contributed by atoms with Crippen LogP contribution in [0.1, 0.15) is 82.8 Å². The van der Waals surface area contributed by atoms with Crippen molar-refractivity contribution in [2.45, 2.75) is 103 Å². The maximum absolute atomic E-state index is 13.7. The third-order valence-corrected chi connectivity index (χ3v) is 9.59. The third kappa shape index (κ3) is 5.94. The molecule has 8 heteroatoms. The van der Waals surface area contributed by atoms with Gasteiger partial charge in [-0.15, -0.1) is 0 Å². The summed E-state index contributed by atoms with van der Waals surface area (Å²) >= 11 is 1.73. The van der Waals surface area contributed by atoms with Crippen LogP contribution < -0.4 is 10.7 Å². The Morgan fingerprint density at radius 3 is 2.76 bits per heavy atom. The average molecular weight is 526 g/mol. The number of fused-ring (bicyclic) bond motifs is 3. The second-order valence-corrected chi connectivity index (χ2v) is 12.8. The van der Waals surface area contributed by atoms with Crippen molar-refractivity contribution in [3.63, 3.8) is 0 Å². The molecule has 2 aliphatic heterocycles. The number of amides is 2. The molecule has 202 valence electrons. The van der Waals surface area contributed by atoms with Crippen LogP contribution in [-0.4, -0.2) is 51.7 Å². The number of rotatable bonds is 7. The molecule has 1 saturated heterocycles. The Morgan fingerprint density at radius 2 is 2.00 bits per heavy atom. The van der Waals surface area contributed by atoms with Crippen LogP contribution in [0.4, 0.5) is 0 Å². The molecular weight excluding hydrogens is 482 g/mol. The van der Waals surface area contributed by atoms with Crippen molar-refractivity contribution in [2.24, 2.45) is 22.9 Å². The Kier molecular flexibility index (Phi) is 8.32. The summed E-state index contributed by atoms with van der Waals surface area (Å²) in [5.74, 6) is 1.65. The van der Waals surface area contributed by atoms with Gasteiger partial charge in [0.05, 0.1) is 5.92 Å². The van der Waals surface area contributed by atoms with E-state index in [1.165, 1.54) is 30.4 Å². The molecule has 0 bridgehead atoms. The Labute approximate surface area is 226 Å². The van der Waals surface area contributed by atoms with Gasteiger partial charge in [-0.3, -0.25) is 15.0 Å². The standard InChI is InChI=1S/C29H43N5O2S/c1-19(2)14-15-33-27(36)24-13-12-22(26(35)30-23-10-5-4-6-11-23)17-25(24)34-28(33)31-32-29(34)37-18-21-9-7-8-20(3)16-21/h7-9,16,19,22-25,28,31H,4-6,10-15,17-18H2,1-3H3,(H,30,35). The van der Waals surface area contributed by atoms with E-state index in [-0.39, 0.29) is 36.0 Å². The summed E-state index contributed by atoms with van der Waals surface area (Å²) in [6.45, 7) is 7.25. The molecule has 4 aliphatic rings. The molecule has 2 amide bonds. The van der Waals surface area contributed by atoms with Crippen LogP contribution in [0, 0.1) is 24.7 Å². The van der Waals surface area contributed by atoms with Crippen LogP contribution in [0.15, 0.2) is 29.4 Å². The molecule has 0 radical (unpaired) electrons. The highest BCUT2D eigenvalue weighted by Gasteiger charge is 2.53. The molecule has 4 unspecified atom stereocenters. The Morgan fingerprint density at radius 1 is 1.19 bits per heavy atom. The number of carbonyl (C=O) groups is 2. The van der Waals surface area contributed by atoms with Crippen molar-refractivity contribution in [1.29, 1.82) is 0 Å². The van der Waals surface area contributed by atoms with Crippen molar-refractivity contribution < 1.29 is 9.59 Å². The lowest BCUT2D eigenvalue weighted by Gasteiger charge is -2.51. The molecule has 1 aromatic rings. The summed E-state index contributed by atoms with van der Waals surface area (Å²) < 4.78 is 0. The number of amidine groups is 1. The van der Waals surface area contributed by atoms with E-state index in [0.717, 1.165) is 56.0 Å². The Bertz CT molecular complexity index is 1010. The van der Waals surface area contributed by atoms with Crippen molar-refractivity contribution in [3.05, 3.63) is 35.4 Å². The van der Waals surface area contributed by atoms with Gasteiger partial charge in [-0.05, 0) is 56.9 Å². The molecule has 1 aromatic carbocycles. The van der Waals surface area contributed by atoms with Crippen molar-refractivity contribution in [1.82, 2.24) is 20.5 Å². The highest BCUT2D eigenvalue weighted by molar-refractivity contribution is 8.13. The van der Waals surface area contributed by atoms with Gasteiger partial charge in [0.15, 0.2) is 11.5 Å². The zero-order valence-electron chi connectivity index (χ0n) is 22.6. The lowest BCUT2D eigenvalue weighted by molar-refractivity contribution is -0.158. The van der Waals surface area contributed by atoms with Gasteiger partial charge in [0.1, 0.15) is 0 Å². The summed E-state index contributed by atoms with van der Waals surface area (Å²) in [6.07, 6.45) is 8.87. The molecule has 0 spiro atoms. The maximum atomic E-state index is 13.7. The highest BCUT2D eigenvalue weighted by atomic mass is 32.2. The SMILES string of the molecule is Cc1cccc(CSC2=NNC3N(CCC(C)C)C(=O)C4CCC(C(=O)NC5CCCCC5)CC4N23)c1. The lowest BCUT2D eigenvalue weighted by Crippen LogP contribution is -2.68. The van der Waals surface area contributed by atoms with Gasteiger partial charge in [0.2, 0.25) is 11.8 Å².